The van der Waals surface area contributed by atoms with Crippen molar-refractivity contribution in [2.75, 3.05) is 0 Å². The molecule has 0 aliphatic carbocycles. The molecule has 0 aliphatic heterocycles. The van der Waals surface area contributed by atoms with Gasteiger partial charge in [-0.15, -0.1) is 0 Å². The number of furan rings is 1. The molecule has 128 valence electrons. The molecule has 3 aromatic rings. The van der Waals surface area contributed by atoms with E-state index in [9.17, 15) is 4.79 Å². The number of hydrogen-bond donors (Lipinski definition) is 1. The molecule has 0 unspecified atom stereocenters. The quantitative estimate of drug-likeness (QED) is 0.556. The zero-order valence-corrected chi connectivity index (χ0v) is 15.0. The smallest absolute Gasteiger partial charge is 0.307 e. The fourth-order valence-electron chi connectivity index (χ4n) is 2.75. The van der Waals surface area contributed by atoms with Crippen LogP contribution in [0.15, 0.2) is 52.2 Å². The van der Waals surface area contributed by atoms with E-state index in [1.165, 1.54) is 6.26 Å². The molecule has 0 saturated carbocycles. The van der Waals surface area contributed by atoms with Crippen LogP contribution in [-0.2, 0) is 0 Å². The SMILES string of the molecule is Cc1c(Cl)cccc1-n1c(C)cc(/C=N\NC(=O)c2ccco2)c1C. The lowest BCUT2D eigenvalue weighted by Crippen LogP contribution is -2.16. The fourth-order valence-corrected chi connectivity index (χ4v) is 2.92. The highest BCUT2D eigenvalue weighted by Gasteiger charge is 2.13. The summed E-state index contributed by atoms with van der Waals surface area (Å²) in [6, 6.07) is 11.1. The van der Waals surface area contributed by atoms with Gasteiger partial charge < -0.3 is 8.98 Å². The van der Waals surface area contributed by atoms with Crippen LogP contribution in [0.5, 0.6) is 0 Å². The maximum atomic E-state index is 11.8. The number of nitrogens with zero attached hydrogens (tertiary/aromatic N) is 2. The van der Waals surface area contributed by atoms with Crippen molar-refractivity contribution in [2.45, 2.75) is 20.8 Å². The Morgan fingerprint density at radius 2 is 2.04 bits per heavy atom. The van der Waals surface area contributed by atoms with Gasteiger partial charge in [-0.05, 0) is 56.7 Å². The van der Waals surface area contributed by atoms with E-state index in [1.54, 1.807) is 18.3 Å². The highest BCUT2D eigenvalue weighted by molar-refractivity contribution is 6.31. The second-order valence-electron chi connectivity index (χ2n) is 5.72. The minimum atomic E-state index is -0.388. The third-order valence-electron chi connectivity index (χ3n) is 4.06. The summed E-state index contributed by atoms with van der Waals surface area (Å²) in [6.45, 7) is 6.02. The van der Waals surface area contributed by atoms with Crippen molar-refractivity contribution in [3.05, 3.63) is 76.0 Å². The Labute approximate surface area is 150 Å². The van der Waals surface area contributed by atoms with Gasteiger partial charge in [-0.1, -0.05) is 17.7 Å². The minimum absolute atomic E-state index is 0.220. The maximum absolute atomic E-state index is 11.8. The number of aromatic nitrogens is 1. The normalized spacial score (nSPS) is 11.2. The van der Waals surface area contributed by atoms with Crippen LogP contribution >= 0.6 is 11.6 Å². The van der Waals surface area contributed by atoms with E-state index in [0.717, 1.165) is 33.2 Å². The molecule has 5 nitrogen and oxygen atoms in total. The van der Waals surface area contributed by atoms with Crippen LogP contribution in [0.3, 0.4) is 0 Å². The van der Waals surface area contributed by atoms with Crippen LogP contribution in [0.2, 0.25) is 5.02 Å². The number of carbonyl (C=O) groups excluding carboxylic acids is 1. The minimum Gasteiger partial charge on any atom is -0.459 e. The van der Waals surface area contributed by atoms with Crippen LogP contribution in [0.4, 0.5) is 0 Å². The lowest BCUT2D eigenvalue weighted by atomic mass is 10.2. The number of aryl methyl sites for hydroxylation is 1. The van der Waals surface area contributed by atoms with Gasteiger partial charge in [-0.2, -0.15) is 5.10 Å². The third kappa shape index (κ3) is 3.37. The van der Waals surface area contributed by atoms with Crippen molar-refractivity contribution in [1.29, 1.82) is 0 Å². The summed E-state index contributed by atoms with van der Waals surface area (Å²) in [6.07, 6.45) is 3.07. The average Bonchev–Trinajstić information content (AvgIpc) is 3.20. The van der Waals surface area contributed by atoms with Gasteiger partial charge in [-0.3, -0.25) is 4.79 Å². The summed E-state index contributed by atoms with van der Waals surface area (Å²) in [5, 5.41) is 4.75. The molecule has 0 aliphatic rings. The van der Waals surface area contributed by atoms with Gasteiger partial charge in [0.2, 0.25) is 0 Å². The number of rotatable bonds is 4. The van der Waals surface area contributed by atoms with Crippen molar-refractivity contribution >= 4 is 23.7 Å². The first-order valence-electron chi connectivity index (χ1n) is 7.80. The first-order valence-corrected chi connectivity index (χ1v) is 8.18. The second-order valence-corrected chi connectivity index (χ2v) is 6.13. The molecule has 0 fully saturated rings. The highest BCUT2D eigenvalue weighted by Crippen LogP contribution is 2.26. The highest BCUT2D eigenvalue weighted by atomic mass is 35.5. The summed E-state index contributed by atoms with van der Waals surface area (Å²) in [5.74, 6) is -0.169. The van der Waals surface area contributed by atoms with E-state index < -0.39 is 0 Å². The molecule has 3 rings (SSSR count). The molecular weight excluding hydrogens is 338 g/mol. The molecule has 25 heavy (non-hydrogen) atoms. The Hall–Kier alpha value is -2.79. The zero-order valence-electron chi connectivity index (χ0n) is 14.2. The second kappa shape index (κ2) is 6.99. The van der Waals surface area contributed by atoms with E-state index in [-0.39, 0.29) is 11.7 Å². The van der Waals surface area contributed by atoms with E-state index >= 15 is 0 Å². The van der Waals surface area contributed by atoms with E-state index in [4.69, 9.17) is 16.0 Å². The Bertz CT molecular complexity index is 940. The van der Waals surface area contributed by atoms with Crippen molar-refractivity contribution in [3.8, 4) is 5.69 Å². The van der Waals surface area contributed by atoms with Crippen LogP contribution < -0.4 is 5.43 Å². The number of halogens is 1. The molecule has 0 radical (unpaired) electrons. The molecule has 0 spiro atoms. The molecule has 0 bridgehead atoms. The third-order valence-corrected chi connectivity index (χ3v) is 4.47. The molecule has 0 atom stereocenters. The topological polar surface area (TPSA) is 59.5 Å². The summed E-state index contributed by atoms with van der Waals surface area (Å²) in [7, 11) is 0. The first kappa shape index (κ1) is 17.0. The number of amides is 1. The first-order chi connectivity index (χ1) is 12.0. The molecule has 0 saturated heterocycles. The van der Waals surface area contributed by atoms with Crippen molar-refractivity contribution in [3.63, 3.8) is 0 Å². The predicted molar refractivity (Wildman–Crippen MR) is 98.8 cm³/mol. The van der Waals surface area contributed by atoms with Crippen molar-refractivity contribution in [1.82, 2.24) is 9.99 Å². The largest absolute Gasteiger partial charge is 0.459 e. The molecule has 2 heterocycles. The van der Waals surface area contributed by atoms with Gasteiger partial charge in [0.1, 0.15) is 0 Å². The number of hydrogen-bond acceptors (Lipinski definition) is 3. The summed E-state index contributed by atoms with van der Waals surface area (Å²) < 4.78 is 7.15. The van der Waals surface area contributed by atoms with Crippen molar-refractivity contribution < 1.29 is 9.21 Å². The Kier molecular flexibility index (Phi) is 4.76. The molecular formula is C19H18ClN3O2. The van der Waals surface area contributed by atoms with Crippen LogP contribution in [0.25, 0.3) is 5.69 Å². The number of carbonyl (C=O) groups is 1. The van der Waals surface area contributed by atoms with E-state index in [0.29, 0.717) is 0 Å². The summed E-state index contributed by atoms with van der Waals surface area (Å²) in [4.78, 5) is 11.8. The Morgan fingerprint density at radius 3 is 2.76 bits per heavy atom. The van der Waals surface area contributed by atoms with Gasteiger partial charge in [0.25, 0.3) is 0 Å². The zero-order chi connectivity index (χ0) is 18.0. The monoisotopic (exact) mass is 355 g/mol. The molecule has 1 aromatic carbocycles. The molecule has 1 N–H and O–H groups in total. The standard InChI is InChI=1S/C19H18ClN3O2/c1-12-10-15(11-21-22-19(24)18-8-5-9-25-18)14(3)23(12)17-7-4-6-16(20)13(17)2/h4-11H,1-3H3,(H,22,24)/b21-11-. The van der Waals surface area contributed by atoms with Crippen LogP contribution in [0.1, 0.15) is 33.1 Å². The Morgan fingerprint density at radius 1 is 1.24 bits per heavy atom. The number of benzene rings is 1. The van der Waals surface area contributed by atoms with Crippen LogP contribution in [0, 0.1) is 20.8 Å². The van der Waals surface area contributed by atoms with Crippen molar-refractivity contribution in [2.24, 2.45) is 5.10 Å². The van der Waals surface area contributed by atoms with Gasteiger partial charge in [-0.25, -0.2) is 5.43 Å². The van der Waals surface area contributed by atoms with Gasteiger partial charge in [0, 0.05) is 27.7 Å². The van der Waals surface area contributed by atoms with E-state index in [1.807, 2.05) is 45.0 Å². The fraction of sp³-hybridized carbons (Fsp3) is 0.158. The summed E-state index contributed by atoms with van der Waals surface area (Å²) >= 11 is 6.25. The van der Waals surface area contributed by atoms with Gasteiger partial charge in [0.15, 0.2) is 5.76 Å². The average molecular weight is 356 g/mol. The van der Waals surface area contributed by atoms with Crippen LogP contribution in [-0.4, -0.2) is 16.7 Å². The molecule has 2 aromatic heterocycles. The van der Waals surface area contributed by atoms with Gasteiger partial charge in [0.05, 0.1) is 12.5 Å². The number of hydrazone groups is 1. The van der Waals surface area contributed by atoms with Gasteiger partial charge >= 0.3 is 5.91 Å². The molecule has 6 heteroatoms. The Balaban J connectivity index is 1.86. The summed E-state index contributed by atoms with van der Waals surface area (Å²) in [5.41, 5.74) is 7.48. The number of nitrogens with one attached hydrogen (secondary N) is 1. The van der Waals surface area contributed by atoms with E-state index in [2.05, 4.69) is 15.1 Å². The maximum Gasteiger partial charge on any atom is 0.307 e. The lowest BCUT2D eigenvalue weighted by Gasteiger charge is -2.13. The predicted octanol–water partition coefficient (Wildman–Crippen LogP) is 4.41. The lowest BCUT2D eigenvalue weighted by molar-refractivity contribution is 0.0927. The molecule has 1 amide bonds.